The van der Waals surface area contributed by atoms with Gasteiger partial charge in [-0.05, 0) is 42.8 Å². The summed E-state index contributed by atoms with van der Waals surface area (Å²) in [6, 6.07) is 10.9. The topological polar surface area (TPSA) is 49.4 Å². The van der Waals surface area contributed by atoms with Crippen LogP contribution < -0.4 is 10.2 Å². The molecule has 0 aliphatic carbocycles. The minimum absolute atomic E-state index is 0.0776. The van der Waals surface area contributed by atoms with Crippen LogP contribution in [0.2, 0.25) is 5.02 Å². The summed E-state index contributed by atoms with van der Waals surface area (Å²) in [4.78, 5) is 25.3. The van der Waals surface area contributed by atoms with Crippen molar-refractivity contribution in [3.63, 3.8) is 0 Å². The third-order valence-electron chi connectivity index (χ3n) is 3.28. The van der Waals surface area contributed by atoms with E-state index in [1.165, 1.54) is 30.0 Å². The summed E-state index contributed by atoms with van der Waals surface area (Å²) in [5, 5.41) is 3.01. The second-order valence-corrected chi connectivity index (χ2v) is 5.50. The van der Waals surface area contributed by atoms with E-state index in [0.717, 1.165) is 5.56 Å². The van der Waals surface area contributed by atoms with Gasteiger partial charge in [0.2, 0.25) is 11.8 Å². The molecule has 0 aliphatic heterocycles. The fourth-order valence-electron chi connectivity index (χ4n) is 2.18. The highest BCUT2D eigenvalue weighted by molar-refractivity contribution is 6.30. The molecular weight excluding hydrogens is 319 g/mol. The van der Waals surface area contributed by atoms with Crippen molar-refractivity contribution >= 4 is 34.8 Å². The van der Waals surface area contributed by atoms with Crippen molar-refractivity contribution < 1.29 is 14.0 Å². The van der Waals surface area contributed by atoms with Gasteiger partial charge in [-0.25, -0.2) is 4.39 Å². The maximum absolute atomic E-state index is 13.6. The Balaban J connectivity index is 2.18. The minimum Gasteiger partial charge on any atom is -0.322 e. The molecule has 2 aromatic rings. The molecule has 0 aromatic heterocycles. The third-order valence-corrected chi connectivity index (χ3v) is 3.51. The number of hydrogen-bond donors (Lipinski definition) is 1. The zero-order valence-corrected chi connectivity index (χ0v) is 13.5. The van der Waals surface area contributed by atoms with E-state index in [9.17, 15) is 14.0 Å². The normalized spacial score (nSPS) is 10.3. The molecular formula is C17H16ClFN2O2. The van der Waals surface area contributed by atoms with Gasteiger partial charge in [-0.2, -0.15) is 0 Å². The quantitative estimate of drug-likeness (QED) is 0.925. The number of nitrogens with zero attached hydrogens (tertiary/aromatic N) is 1. The van der Waals surface area contributed by atoms with Crippen LogP contribution in [-0.4, -0.2) is 18.4 Å². The molecule has 120 valence electrons. The highest BCUT2D eigenvalue weighted by Gasteiger charge is 2.18. The van der Waals surface area contributed by atoms with Crippen LogP contribution in [0.3, 0.4) is 0 Å². The summed E-state index contributed by atoms with van der Waals surface area (Å²) in [7, 11) is 0. The van der Waals surface area contributed by atoms with Gasteiger partial charge in [0.15, 0.2) is 0 Å². The van der Waals surface area contributed by atoms with Crippen molar-refractivity contribution in [1.29, 1.82) is 0 Å². The average Bonchev–Trinajstić information content (AvgIpc) is 2.48. The maximum atomic E-state index is 13.6. The lowest BCUT2D eigenvalue weighted by Crippen LogP contribution is -2.37. The molecule has 0 spiro atoms. The SMILES string of the molecule is CC(=O)N(CC(=O)Nc1ccccc1F)c1ccc(Cl)cc1C. The molecule has 4 nitrogen and oxygen atoms in total. The molecule has 0 fully saturated rings. The molecule has 0 bridgehead atoms. The number of carbonyl (C=O) groups excluding carboxylic acids is 2. The number of para-hydroxylation sites is 1. The van der Waals surface area contributed by atoms with Gasteiger partial charge in [-0.15, -0.1) is 0 Å². The maximum Gasteiger partial charge on any atom is 0.244 e. The van der Waals surface area contributed by atoms with E-state index in [1.54, 1.807) is 31.2 Å². The monoisotopic (exact) mass is 334 g/mol. The van der Waals surface area contributed by atoms with E-state index in [2.05, 4.69) is 5.32 Å². The lowest BCUT2D eigenvalue weighted by Gasteiger charge is -2.22. The number of halogens is 2. The summed E-state index contributed by atoms with van der Waals surface area (Å²) in [6.45, 7) is 2.95. The van der Waals surface area contributed by atoms with Crippen LogP contribution in [0.5, 0.6) is 0 Å². The first-order chi connectivity index (χ1) is 10.9. The highest BCUT2D eigenvalue weighted by Crippen LogP contribution is 2.24. The molecule has 2 amide bonds. The molecule has 0 heterocycles. The van der Waals surface area contributed by atoms with Crippen LogP contribution in [-0.2, 0) is 9.59 Å². The standard InChI is InChI=1S/C17H16ClFN2O2/c1-11-9-13(18)7-8-16(11)21(12(2)22)10-17(23)20-15-6-4-3-5-14(15)19/h3-9H,10H2,1-2H3,(H,20,23). The fraction of sp³-hybridized carbons (Fsp3) is 0.176. The van der Waals surface area contributed by atoms with E-state index in [1.807, 2.05) is 0 Å². The van der Waals surface area contributed by atoms with Gasteiger partial charge in [0, 0.05) is 17.6 Å². The Kier molecular flexibility index (Phi) is 5.34. The van der Waals surface area contributed by atoms with E-state index < -0.39 is 11.7 Å². The number of nitrogens with one attached hydrogen (secondary N) is 1. The minimum atomic E-state index is -0.530. The Bertz CT molecular complexity index is 749. The number of anilines is 2. The zero-order chi connectivity index (χ0) is 17.0. The van der Waals surface area contributed by atoms with Gasteiger partial charge in [0.1, 0.15) is 12.4 Å². The van der Waals surface area contributed by atoms with Crippen molar-refractivity contribution in [3.05, 3.63) is 58.9 Å². The summed E-state index contributed by atoms with van der Waals surface area (Å²) in [6.07, 6.45) is 0. The lowest BCUT2D eigenvalue weighted by molar-refractivity contribution is -0.120. The molecule has 0 aliphatic rings. The van der Waals surface area contributed by atoms with Crippen LogP contribution in [0.4, 0.5) is 15.8 Å². The van der Waals surface area contributed by atoms with Crippen molar-refractivity contribution in [1.82, 2.24) is 0 Å². The average molecular weight is 335 g/mol. The number of benzene rings is 2. The molecule has 1 N–H and O–H groups in total. The zero-order valence-electron chi connectivity index (χ0n) is 12.8. The first-order valence-corrected chi connectivity index (χ1v) is 7.35. The Labute approximate surface area is 138 Å². The summed E-state index contributed by atoms with van der Waals surface area (Å²) < 4.78 is 13.6. The van der Waals surface area contributed by atoms with E-state index >= 15 is 0 Å². The van der Waals surface area contributed by atoms with Gasteiger partial charge in [0.05, 0.1) is 5.69 Å². The Morgan fingerprint density at radius 3 is 2.52 bits per heavy atom. The van der Waals surface area contributed by atoms with Gasteiger partial charge in [0.25, 0.3) is 0 Å². The van der Waals surface area contributed by atoms with Crippen molar-refractivity contribution in [2.75, 3.05) is 16.8 Å². The first kappa shape index (κ1) is 17.0. The molecule has 6 heteroatoms. The van der Waals surface area contributed by atoms with Crippen LogP contribution in [0, 0.1) is 12.7 Å². The number of carbonyl (C=O) groups is 2. The Morgan fingerprint density at radius 2 is 1.91 bits per heavy atom. The van der Waals surface area contributed by atoms with E-state index in [4.69, 9.17) is 11.6 Å². The lowest BCUT2D eigenvalue weighted by atomic mass is 10.1. The Morgan fingerprint density at radius 1 is 1.22 bits per heavy atom. The second kappa shape index (κ2) is 7.24. The predicted molar refractivity (Wildman–Crippen MR) is 89.2 cm³/mol. The summed E-state index contributed by atoms with van der Waals surface area (Å²) in [5.74, 6) is -1.31. The van der Waals surface area contributed by atoms with E-state index in [0.29, 0.717) is 10.7 Å². The van der Waals surface area contributed by atoms with Gasteiger partial charge in [-0.3, -0.25) is 9.59 Å². The molecule has 0 radical (unpaired) electrons. The van der Waals surface area contributed by atoms with Gasteiger partial charge < -0.3 is 10.2 Å². The van der Waals surface area contributed by atoms with Crippen LogP contribution in [0.1, 0.15) is 12.5 Å². The number of hydrogen-bond acceptors (Lipinski definition) is 2. The third kappa shape index (κ3) is 4.29. The van der Waals surface area contributed by atoms with Gasteiger partial charge in [-0.1, -0.05) is 23.7 Å². The molecule has 0 saturated carbocycles. The van der Waals surface area contributed by atoms with Gasteiger partial charge >= 0.3 is 0 Å². The van der Waals surface area contributed by atoms with E-state index in [-0.39, 0.29) is 18.1 Å². The highest BCUT2D eigenvalue weighted by atomic mass is 35.5. The van der Waals surface area contributed by atoms with Crippen molar-refractivity contribution in [2.24, 2.45) is 0 Å². The molecule has 2 rings (SSSR count). The predicted octanol–water partition coefficient (Wildman–Crippen LogP) is 3.78. The largest absolute Gasteiger partial charge is 0.322 e. The molecule has 23 heavy (non-hydrogen) atoms. The first-order valence-electron chi connectivity index (χ1n) is 6.97. The second-order valence-electron chi connectivity index (χ2n) is 5.06. The smallest absolute Gasteiger partial charge is 0.244 e. The number of rotatable bonds is 4. The molecule has 0 unspecified atom stereocenters. The summed E-state index contributed by atoms with van der Waals surface area (Å²) in [5.41, 5.74) is 1.44. The van der Waals surface area contributed by atoms with Crippen LogP contribution >= 0.6 is 11.6 Å². The van der Waals surface area contributed by atoms with Crippen molar-refractivity contribution in [3.8, 4) is 0 Å². The summed E-state index contributed by atoms with van der Waals surface area (Å²) >= 11 is 5.91. The van der Waals surface area contributed by atoms with Crippen LogP contribution in [0.15, 0.2) is 42.5 Å². The number of aryl methyl sites for hydroxylation is 1. The molecule has 0 saturated heterocycles. The fourth-order valence-corrected chi connectivity index (χ4v) is 2.41. The molecule has 0 atom stereocenters. The number of amides is 2. The van der Waals surface area contributed by atoms with Crippen molar-refractivity contribution in [2.45, 2.75) is 13.8 Å². The Hall–Kier alpha value is -2.40. The molecule has 2 aromatic carbocycles. The van der Waals surface area contributed by atoms with Crippen LogP contribution in [0.25, 0.3) is 0 Å².